The molecule has 3 aromatic rings. The van der Waals surface area contributed by atoms with Gasteiger partial charge in [-0.1, -0.05) is 48.9 Å². The van der Waals surface area contributed by atoms with Gasteiger partial charge in [-0.2, -0.15) is 0 Å². The van der Waals surface area contributed by atoms with Crippen LogP contribution in [0.5, 0.6) is 0 Å². The molecule has 3 rings (SSSR count). The molecule has 0 bridgehead atoms. The predicted molar refractivity (Wildman–Crippen MR) is 126 cm³/mol. The van der Waals surface area contributed by atoms with Gasteiger partial charge in [0.05, 0.1) is 15.5 Å². The minimum absolute atomic E-state index is 0.0175. The van der Waals surface area contributed by atoms with Crippen molar-refractivity contribution >= 4 is 27.5 Å². The second kappa shape index (κ2) is 10.3. The minimum Gasteiger partial charge on any atom is -0.330 e. The van der Waals surface area contributed by atoms with E-state index >= 15 is 0 Å². The van der Waals surface area contributed by atoms with Crippen LogP contribution in [0.4, 0.5) is 0 Å². The van der Waals surface area contributed by atoms with Crippen molar-refractivity contribution in [2.45, 2.75) is 31.3 Å². The van der Waals surface area contributed by atoms with Gasteiger partial charge in [-0.3, -0.25) is 9.78 Å². The maximum absolute atomic E-state index is 13.6. The van der Waals surface area contributed by atoms with Gasteiger partial charge in [0.25, 0.3) is 5.91 Å². The lowest BCUT2D eigenvalue weighted by molar-refractivity contribution is 0.0730. The fourth-order valence-electron chi connectivity index (χ4n) is 3.22. The molecule has 0 N–H and O–H groups in total. The normalized spacial score (nSPS) is 11.5. The predicted octanol–water partition coefficient (Wildman–Crippen LogP) is 4.39. The van der Waals surface area contributed by atoms with E-state index in [1.54, 1.807) is 17.3 Å². The van der Waals surface area contributed by atoms with E-state index < -0.39 is 10.0 Å². The van der Waals surface area contributed by atoms with E-state index in [2.05, 4.69) is 11.9 Å². The quantitative estimate of drug-likeness (QED) is 0.488. The summed E-state index contributed by atoms with van der Waals surface area (Å²) in [5.74, 6) is -0.353. The van der Waals surface area contributed by atoms with Gasteiger partial charge in [-0.15, -0.1) is 0 Å². The number of carbonyl (C=O) groups is 1. The second-order valence-electron chi connectivity index (χ2n) is 7.62. The topological polar surface area (TPSA) is 70.6 Å². The highest BCUT2D eigenvalue weighted by molar-refractivity contribution is 7.89. The van der Waals surface area contributed by atoms with Crippen LogP contribution in [0.15, 0.2) is 71.9 Å². The molecule has 1 amide bonds. The fraction of sp³-hybridized carbons (Fsp3) is 0.250. The lowest BCUT2D eigenvalue weighted by atomic mass is 10.1. The molecule has 6 nitrogen and oxygen atoms in total. The fourth-order valence-corrected chi connectivity index (χ4v) is 4.35. The Balaban J connectivity index is 1.99. The number of hydrogen-bond acceptors (Lipinski definition) is 4. The van der Waals surface area contributed by atoms with E-state index in [4.69, 9.17) is 11.6 Å². The van der Waals surface area contributed by atoms with Crippen LogP contribution in [0, 0.1) is 0 Å². The van der Waals surface area contributed by atoms with Crippen LogP contribution >= 0.6 is 11.6 Å². The molecule has 1 aromatic heterocycles. The third kappa shape index (κ3) is 5.54. The standard InChI is InChI=1S/C24H26ClN3O3S/c1-4-18-7-9-19(10-8-18)16-28(17-20-6-5-13-26-15-20)24(29)22-14-21(11-12-23(22)25)32(30,31)27(2)3/h5-15H,4,16-17H2,1-3H3. The van der Waals surface area contributed by atoms with Gasteiger partial charge in [-0.25, -0.2) is 12.7 Å². The van der Waals surface area contributed by atoms with Crippen LogP contribution in [0.25, 0.3) is 0 Å². The Bertz CT molecular complexity index is 1180. The number of sulfonamides is 1. The van der Waals surface area contributed by atoms with Crippen molar-refractivity contribution < 1.29 is 13.2 Å². The van der Waals surface area contributed by atoms with Crippen molar-refractivity contribution in [3.05, 3.63) is 94.3 Å². The highest BCUT2D eigenvalue weighted by Gasteiger charge is 2.24. The number of rotatable bonds is 8. The van der Waals surface area contributed by atoms with Gasteiger partial charge in [0.2, 0.25) is 10.0 Å². The molecule has 168 valence electrons. The number of nitrogens with zero attached hydrogens (tertiary/aromatic N) is 3. The molecule has 0 unspecified atom stereocenters. The van der Waals surface area contributed by atoms with E-state index in [0.29, 0.717) is 13.1 Å². The van der Waals surface area contributed by atoms with Crippen molar-refractivity contribution in [1.82, 2.24) is 14.2 Å². The van der Waals surface area contributed by atoms with E-state index in [9.17, 15) is 13.2 Å². The van der Waals surface area contributed by atoms with E-state index in [-0.39, 0.29) is 21.4 Å². The van der Waals surface area contributed by atoms with Crippen LogP contribution < -0.4 is 0 Å². The van der Waals surface area contributed by atoms with Crippen molar-refractivity contribution in [2.24, 2.45) is 0 Å². The molecule has 0 atom stereocenters. The summed E-state index contributed by atoms with van der Waals surface area (Å²) in [5.41, 5.74) is 3.18. The Morgan fingerprint density at radius 3 is 2.22 bits per heavy atom. The minimum atomic E-state index is -3.71. The average Bonchev–Trinajstić information content (AvgIpc) is 2.79. The molecule has 0 aliphatic rings. The molecule has 0 aliphatic carbocycles. The largest absolute Gasteiger partial charge is 0.330 e. The van der Waals surface area contributed by atoms with E-state index in [1.807, 2.05) is 36.4 Å². The van der Waals surface area contributed by atoms with Crippen LogP contribution in [-0.4, -0.2) is 42.6 Å². The van der Waals surface area contributed by atoms with Crippen LogP contribution in [0.2, 0.25) is 5.02 Å². The van der Waals surface area contributed by atoms with Crippen LogP contribution in [0.3, 0.4) is 0 Å². The summed E-state index contributed by atoms with van der Waals surface area (Å²) in [7, 11) is -0.818. The number of pyridine rings is 1. The van der Waals surface area contributed by atoms with Gasteiger partial charge in [0, 0.05) is 39.6 Å². The Hall–Kier alpha value is -2.74. The van der Waals surface area contributed by atoms with Crippen molar-refractivity contribution in [3.8, 4) is 0 Å². The first-order chi connectivity index (χ1) is 15.2. The summed E-state index contributed by atoms with van der Waals surface area (Å²) in [6, 6.07) is 16.0. The maximum Gasteiger partial charge on any atom is 0.256 e. The molecule has 0 aliphatic heterocycles. The first-order valence-corrected chi connectivity index (χ1v) is 12.0. The Morgan fingerprint density at radius 2 is 1.62 bits per heavy atom. The number of benzene rings is 2. The lowest BCUT2D eigenvalue weighted by Crippen LogP contribution is -2.31. The molecule has 0 saturated heterocycles. The number of aromatic nitrogens is 1. The van der Waals surface area contributed by atoms with Gasteiger partial charge >= 0.3 is 0 Å². The third-order valence-corrected chi connectivity index (χ3v) is 7.28. The third-order valence-electron chi connectivity index (χ3n) is 5.13. The number of halogens is 1. The summed E-state index contributed by atoms with van der Waals surface area (Å²) in [5, 5.41) is 0.199. The zero-order valence-corrected chi connectivity index (χ0v) is 19.9. The molecule has 8 heteroatoms. The smallest absolute Gasteiger partial charge is 0.256 e. The van der Waals surface area contributed by atoms with Gasteiger partial charge in [0.1, 0.15) is 0 Å². The molecular formula is C24H26ClN3O3S. The van der Waals surface area contributed by atoms with Crippen LogP contribution in [-0.2, 0) is 29.5 Å². The Morgan fingerprint density at radius 1 is 0.969 bits per heavy atom. The van der Waals surface area contributed by atoms with Crippen molar-refractivity contribution in [3.63, 3.8) is 0 Å². The summed E-state index contributed by atoms with van der Waals surface area (Å²) >= 11 is 6.34. The van der Waals surface area contributed by atoms with Crippen LogP contribution in [0.1, 0.15) is 34.0 Å². The SMILES string of the molecule is CCc1ccc(CN(Cc2cccnc2)C(=O)c2cc(S(=O)(=O)N(C)C)ccc2Cl)cc1. The molecular weight excluding hydrogens is 446 g/mol. The van der Waals surface area contributed by atoms with Gasteiger partial charge in [0.15, 0.2) is 0 Å². The molecule has 1 heterocycles. The van der Waals surface area contributed by atoms with Gasteiger partial charge < -0.3 is 4.90 Å². The molecule has 0 fully saturated rings. The molecule has 0 spiro atoms. The lowest BCUT2D eigenvalue weighted by Gasteiger charge is -2.24. The monoisotopic (exact) mass is 471 g/mol. The highest BCUT2D eigenvalue weighted by atomic mass is 35.5. The van der Waals surface area contributed by atoms with Crippen molar-refractivity contribution in [1.29, 1.82) is 0 Å². The zero-order chi connectivity index (χ0) is 23.3. The Labute approximate surface area is 194 Å². The first kappa shape index (κ1) is 23.9. The number of aryl methyl sites for hydroxylation is 1. The maximum atomic E-state index is 13.6. The van der Waals surface area contributed by atoms with E-state index in [1.165, 1.54) is 37.9 Å². The summed E-state index contributed by atoms with van der Waals surface area (Å²) < 4.78 is 26.3. The number of amides is 1. The summed E-state index contributed by atoms with van der Waals surface area (Å²) in [6.45, 7) is 2.74. The first-order valence-electron chi connectivity index (χ1n) is 10.2. The highest BCUT2D eigenvalue weighted by Crippen LogP contribution is 2.25. The van der Waals surface area contributed by atoms with Gasteiger partial charge in [-0.05, 0) is 47.4 Å². The van der Waals surface area contributed by atoms with E-state index in [0.717, 1.165) is 21.9 Å². The Kier molecular flexibility index (Phi) is 7.66. The zero-order valence-electron chi connectivity index (χ0n) is 18.3. The number of carbonyl (C=O) groups excluding carboxylic acids is 1. The summed E-state index contributed by atoms with van der Waals surface area (Å²) in [4.78, 5) is 19.4. The molecule has 0 radical (unpaired) electrons. The average molecular weight is 472 g/mol. The summed E-state index contributed by atoms with van der Waals surface area (Å²) in [6.07, 6.45) is 4.31. The second-order valence-corrected chi connectivity index (χ2v) is 10.2. The molecule has 32 heavy (non-hydrogen) atoms. The molecule has 0 saturated carbocycles. The van der Waals surface area contributed by atoms with Crippen molar-refractivity contribution in [2.75, 3.05) is 14.1 Å². The molecule has 2 aromatic carbocycles. The number of hydrogen-bond donors (Lipinski definition) is 0.